The van der Waals surface area contributed by atoms with Crippen molar-refractivity contribution in [3.05, 3.63) is 93.5 Å². The molecule has 6 rings (SSSR count). The predicted octanol–water partition coefficient (Wildman–Crippen LogP) is 5.91. The van der Waals surface area contributed by atoms with Crippen molar-refractivity contribution in [2.75, 3.05) is 14.2 Å². The summed E-state index contributed by atoms with van der Waals surface area (Å²) in [5, 5.41) is 18.3. The Morgan fingerprint density at radius 3 is 1.71 bits per heavy atom. The van der Waals surface area contributed by atoms with Gasteiger partial charge in [0, 0.05) is 35.2 Å². The Bertz CT molecular complexity index is 1900. The Morgan fingerprint density at radius 2 is 1.17 bits per heavy atom. The fourth-order valence-electron chi connectivity index (χ4n) is 5.22. The number of nitrogens with zero attached hydrogens (tertiary/aromatic N) is 8. The molecule has 13 nitrogen and oxygen atoms in total. The standard InChI is InChI=1S/C33H33Cl2N11O2/c1-18-39-28(45-43-18)13-7-12-24-32(47-3)41-25(15-37-24)22-10-5-8-20(30(22)34)21-9-6-11-23(31(21)35)26-16-38-27(33(42-26)48-4)14-36-17-29-40-19(2)44-46-29/h5-6,8-11,15-16,36H,7,12-14,17H2,1-4H3,(H,39,43,45)(H,40,44,46). The van der Waals surface area contributed by atoms with E-state index < -0.39 is 0 Å². The van der Waals surface area contributed by atoms with Gasteiger partial charge in [-0.25, -0.2) is 19.9 Å². The van der Waals surface area contributed by atoms with Crippen molar-refractivity contribution in [3.63, 3.8) is 0 Å². The van der Waals surface area contributed by atoms with Gasteiger partial charge in [0.2, 0.25) is 11.8 Å². The first kappa shape index (κ1) is 32.9. The summed E-state index contributed by atoms with van der Waals surface area (Å²) in [5.41, 5.74) is 5.37. The first-order valence-corrected chi connectivity index (χ1v) is 15.9. The van der Waals surface area contributed by atoms with Crippen LogP contribution < -0.4 is 14.8 Å². The van der Waals surface area contributed by atoms with E-state index >= 15 is 0 Å². The van der Waals surface area contributed by atoms with Gasteiger partial charge in [-0.2, -0.15) is 10.2 Å². The van der Waals surface area contributed by atoms with Crippen LogP contribution in [0.25, 0.3) is 33.6 Å². The van der Waals surface area contributed by atoms with Crippen LogP contribution in [-0.2, 0) is 25.9 Å². The molecule has 0 unspecified atom stereocenters. The molecule has 0 saturated carbocycles. The molecule has 0 radical (unpaired) electrons. The molecule has 0 amide bonds. The molecule has 4 heterocycles. The minimum absolute atomic E-state index is 0.386. The van der Waals surface area contributed by atoms with Gasteiger partial charge in [0.1, 0.15) is 23.0 Å². The minimum Gasteiger partial charge on any atom is -0.480 e. The maximum atomic E-state index is 7.05. The van der Waals surface area contributed by atoms with Crippen molar-refractivity contribution in [1.29, 1.82) is 0 Å². The van der Waals surface area contributed by atoms with Crippen molar-refractivity contribution in [2.24, 2.45) is 0 Å². The van der Waals surface area contributed by atoms with Gasteiger partial charge >= 0.3 is 0 Å². The van der Waals surface area contributed by atoms with Gasteiger partial charge in [-0.05, 0) is 26.7 Å². The summed E-state index contributed by atoms with van der Waals surface area (Å²) in [6, 6.07) is 11.4. The van der Waals surface area contributed by atoms with Crippen LogP contribution in [0.4, 0.5) is 0 Å². The molecule has 3 N–H and O–H groups in total. The molecule has 15 heteroatoms. The topological polar surface area (TPSA) is 165 Å². The number of benzene rings is 2. The predicted molar refractivity (Wildman–Crippen MR) is 182 cm³/mol. The Hall–Kier alpha value is -4.98. The van der Waals surface area contributed by atoms with E-state index in [1.807, 2.05) is 50.2 Å². The summed E-state index contributed by atoms with van der Waals surface area (Å²) >= 11 is 14.1. The molecule has 0 bridgehead atoms. The molecule has 6 aromatic rings. The zero-order chi connectivity index (χ0) is 33.6. The van der Waals surface area contributed by atoms with Crippen molar-refractivity contribution in [1.82, 2.24) is 55.6 Å². The molecular weight excluding hydrogens is 653 g/mol. The average molecular weight is 687 g/mol. The molecule has 246 valence electrons. The van der Waals surface area contributed by atoms with E-state index in [0.29, 0.717) is 81.8 Å². The number of methoxy groups -OCH3 is 2. The van der Waals surface area contributed by atoms with E-state index in [1.54, 1.807) is 26.6 Å². The molecule has 2 aromatic carbocycles. The first-order chi connectivity index (χ1) is 23.3. The highest BCUT2D eigenvalue weighted by Gasteiger charge is 2.19. The van der Waals surface area contributed by atoms with E-state index in [4.69, 9.17) is 42.6 Å². The van der Waals surface area contributed by atoms with E-state index in [1.165, 1.54) is 0 Å². The Morgan fingerprint density at radius 1 is 0.646 bits per heavy atom. The smallest absolute Gasteiger partial charge is 0.237 e. The van der Waals surface area contributed by atoms with E-state index in [9.17, 15) is 0 Å². The number of H-pyrrole nitrogens is 2. The number of aromatic amines is 2. The number of hydrogen-bond acceptors (Lipinski definition) is 11. The van der Waals surface area contributed by atoms with Crippen LogP contribution in [-0.4, -0.2) is 64.5 Å². The number of hydrogen-bond donors (Lipinski definition) is 3. The lowest BCUT2D eigenvalue weighted by Crippen LogP contribution is -2.16. The van der Waals surface area contributed by atoms with Crippen LogP contribution in [0.1, 0.15) is 41.1 Å². The number of halogens is 2. The first-order valence-electron chi connectivity index (χ1n) is 15.2. The fourth-order valence-corrected chi connectivity index (χ4v) is 5.87. The van der Waals surface area contributed by atoms with Gasteiger partial charge in [0.15, 0.2) is 11.6 Å². The van der Waals surface area contributed by atoms with Gasteiger partial charge in [-0.3, -0.25) is 20.2 Å². The van der Waals surface area contributed by atoms with Gasteiger partial charge in [0.05, 0.1) is 54.6 Å². The molecule has 4 aromatic heterocycles. The molecular formula is C33H33Cl2N11O2. The SMILES string of the molecule is COc1nc(-c2cccc(-c3cccc(-c4cnc(CNCc5n[nH]c(C)n5)c(OC)n4)c3Cl)c2Cl)cnc1CCCc1n[nH]c(C)n1. The molecule has 48 heavy (non-hydrogen) atoms. The minimum atomic E-state index is 0.386. The molecule has 0 fully saturated rings. The van der Waals surface area contributed by atoms with Crippen molar-refractivity contribution < 1.29 is 9.47 Å². The third-order valence-corrected chi connectivity index (χ3v) is 8.34. The van der Waals surface area contributed by atoms with Crippen LogP contribution in [0.2, 0.25) is 10.0 Å². The number of aryl methyl sites for hydroxylation is 4. The number of nitrogens with one attached hydrogen (secondary N) is 3. The highest BCUT2D eigenvalue weighted by Crippen LogP contribution is 2.42. The molecule has 0 atom stereocenters. The van der Waals surface area contributed by atoms with Crippen molar-refractivity contribution >= 4 is 23.2 Å². The monoisotopic (exact) mass is 685 g/mol. The fraction of sp³-hybridized carbons (Fsp3) is 0.273. The average Bonchev–Trinajstić information content (AvgIpc) is 3.72. The summed E-state index contributed by atoms with van der Waals surface area (Å²) < 4.78 is 11.2. The van der Waals surface area contributed by atoms with Crippen LogP contribution in [0.5, 0.6) is 11.8 Å². The van der Waals surface area contributed by atoms with Gasteiger partial charge in [-0.1, -0.05) is 59.6 Å². The molecule has 0 aliphatic carbocycles. The van der Waals surface area contributed by atoms with Crippen molar-refractivity contribution in [2.45, 2.75) is 46.2 Å². The molecule has 0 aliphatic heterocycles. The summed E-state index contributed by atoms with van der Waals surface area (Å²) in [4.78, 5) is 27.4. The maximum Gasteiger partial charge on any atom is 0.237 e. The normalized spacial score (nSPS) is 11.2. The Labute approximate surface area is 286 Å². The van der Waals surface area contributed by atoms with Gasteiger partial charge in [-0.15, -0.1) is 0 Å². The Balaban J connectivity index is 1.22. The number of aromatic nitrogens is 10. The lowest BCUT2D eigenvalue weighted by atomic mass is 9.98. The summed E-state index contributed by atoms with van der Waals surface area (Å²) in [6.45, 7) is 4.61. The molecule has 0 spiro atoms. The van der Waals surface area contributed by atoms with Crippen LogP contribution in [0.3, 0.4) is 0 Å². The van der Waals surface area contributed by atoms with Gasteiger partial charge < -0.3 is 14.8 Å². The summed E-state index contributed by atoms with van der Waals surface area (Å²) in [7, 11) is 3.14. The second kappa shape index (κ2) is 14.8. The number of ether oxygens (including phenoxy) is 2. The summed E-state index contributed by atoms with van der Waals surface area (Å²) in [6.07, 6.45) is 5.56. The Kier molecular flexibility index (Phi) is 10.2. The maximum absolute atomic E-state index is 7.05. The van der Waals surface area contributed by atoms with E-state index in [2.05, 4.69) is 45.6 Å². The highest BCUT2D eigenvalue weighted by atomic mass is 35.5. The van der Waals surface area contributed by atoms with Gasteiger partial charge in [0.25, 0.3) is 0 Å². The highest BCUT2D eigenvalue weighted by molar-refractivity contribution is 6.39. The zero-order valence-corrected chi connectivity index (χ0v) is 28.3. The quantitative estimate of drug-likeness (QED) is 0.132. The van der Waals surface area contributed by atoms with Crippen LogP contribution >= 0.6 is 23.2 Å². The molecule has 0 saturated heterocycles. The van der Waals surface area contributed by atoms with E-state index in [-0.39, 0.29) is 0 Å². The van der Waals surface area contributed by atoms with Crippen LogP contribution in [0, 0.1) is 13.8 Å². The molecule has 0 aliphatic rings. The summed E-state index contributed by atoms with van der Waals surface area (Å²) in [5.74, 6) is 3.81. The zero-order valence-electron chi connectivity index (χ0n) is 26.8. The second-order valence-corrected chi connectivity index (χ2v) is 11.6. The van der Waals surface area contributed by atoms with Crippen LogP contribution in [0.15, 0.2) is 48.8 Å². The largest absolute Gasteiger partial charge is 0.480 e. The second-order valence-electron chi connectivity index (χ2n) is 10.9. The lowest BCUT2D eigenvalue weighted by Gasteiger charge is -2.15. The van der Waals surface area contributed by atoms with E-state index in [0.717, 1.165) is 40.7 Å². The number of rotatable bonds is 13. The third-order valence-electron chi connectivity index (χ3n) is 7.53. The third kappa shape index (κ3) is 7.28. The lowest BCUT2D eigenvalue weighted by molar-refractivity contribution is 0.387. The van der Waals surface area contributed by atoms with Crippen molar-refractivity contribution in [3.8, 4) is 45.4 Å².